The summed E-state index contributed by atoms with van der Waals surface area (Å²) in [5.41, 5.74) is 0.641. The standard InChI is InChI=1S/C23H20ClN3O5/c1-14-3-2-4-19-20(14)23(30)26(22(19)29)25(13-15-5-9-17(24)10-6-15)21(28)16-7-11-18(12-8-16)27(31)32/h2-3,5-12,14,19-20H,4,13H2,1H3/t14-,19-,20-/m1/s1. The van der Waals surface area contributed by atoms with Gasteiger partial charge in [-0.25, -0.2) is 5.01 Å². The lowest BCUT2D eigenvalue weighted by Gasteiger charge is -2.31. The van der Waals surface area contributed by atoms with Crippen LogP contribution in [0.15, 0.2) is 60.7 Å². The number of nitro benzene ring substituents is 1. The number of allylic oxidation sites excluding steroid dienone is 2. The van der Waals surface area contributed by atoms with Crippen molar-refractivity contribution in [2.75, 3.05) is 0 Å². The molecule has 0 aromatic heterocycles. The van der Waals surface area contributed by atoms with Gasteiger partial charge in [0.05, 0.1) is 23.3 Å². The fourth-order valence-corrected chi connectivity index (χ4v) is 4.37. The number of fused-ring (bicyclic) bond motifs is 1. The predicted molar refractivity (Wildman–Crippen MR) is 116 cm³/mol. The molecule has 1 heterocycles. The van der Waals surface area contributed by atoms with Crippen LogP contribution in [-0.2, 0) is 16.1 Å². The van der Waals surface area contributed by atoms with Gasteiger partial charge in [-0.3, -0.25) is 24.5 Å². The first-order valence-corrected chi connectivity index (χ1v) is 10.5. The average molecular weight is 454 g/mol. The maximum atomic E-state index is 13.4. The van der Waals surface area contributed by atoms with Crippen LogP contribution < -0.4 is 0 Å². The number of rotatable bonds is 5. The Morgan fingerprint density at radius 1 is 1.12 bits per heavy atom. The van der Waals surface area contributed by atoms with Crippen molar-refractivity contribution in [3.05, 3.63) is 86.9 Å². The number of nitrogens with zero attached hydrogens (tertiary/aromatic N) is 3. The topological polar surface area (TPSA) is 101 Å². The number of hydrogen-bond donors (Lipinski definition) is 0. The third-order valence-electron chi connectivity index (χ3n) is 5.90. The van der Waals surface area contributed by atoms with Crippen LogP contribution in [0.2, 0.25) is 5.02 Å². The Morgan fingerprint density at radius 2 is 1.78 bits per heavy atom. The molecular weight excluding hydrogens is 434 g/mol. The molecule has 164 valence electrons. The molecule has 3 atom stereocenters. The normalized spacial score (nSPS) is 22.1. The monoisotopic (exact) mass is 453 g/mol. The highest BCUT2D eigenvalue weighted by molar-refractivity contribution is 6.30. The Labute approximate surface area is 189 Å². The van der Waals surface area contributed by atoms with Crippen molar-refractivity contribution in [1.29, 1.82) is 0 Å². The molecule has 0 spiro atoms. The van der Waals surface area contributed by atoms with Crippen molar-refractivity contribution in [3.8, 4) is 0 Å². The van der Waals surface area contributed by atoms with E-state index in [1.807, 2.05) is 19.1 Å². The van der Waals surface area contributed by atoms with Crippen LogP contribution in [0.25, 0.3) is 0 Å². The quantitative estimate of drug-likeness (QED) is 0.295. The first kappa shape index (κ1) is 21.7. The number of nitro groups is 1. The Balaban J connectivity index is 1.71. The second kappa shape index (κ2) is 8.55. The molecule has 3 amide bonds. The maximum Gasteiger partial charge on any atom is 0.273 e. The van der Waals surface area contributed by atoms with E-state index in [-0.39, 0.29) is 23.7 Å². The summed E-state index contributed by atoms with van der Waals surface area (Å²) in [6.07, 6.45) is 4.25. The minimum atomic E-state index is -0.601. The fraction of sp³-hybridized carbons (Fsp3) is 0.261. The van der Waals surface area contributed by atoms with Crippen LogP contribution in [0.4, 0.5) is 5.69 Å². The van der Waals surface area contributed by atoms with Gasteiger partial charge in [-0.15, -0.1) is 0 Å². The summed E-state index contributed by atoms with van der Waals surface area (Å²) in [5, 5.41) is 13.5. The molecule has 0 radical (unpaired) electrons. The van der Waals surface area contributed by atoms with Gasteiger partial charge in [0.25, 0.3) is 23.4 Å². The van der Waals surface area contributed by atoms with E-state index in [2.05, 4.69) is 0 Å². The molecule has 1 fully saturated rings. The van der Waals surface area contributed by atoms with E-state index in [1.54, 1.807) is 24.3 Å². The van der Waals surface area contributed by atoms with Crippen LogP contribution in [0.3, 0.4) is 0 Å². The van der Waals surface area contributed by atoms with Crippen molar-refractivity contribution >= 4 is 35.0 Å². The zero-order valence-corrected chi connectivity index (χ0v) is 17.9. The smallest absolute Gasteiger partial charge is 0.272 e. The molecule has 0 bridgehead atoms. The Kier molecular flexibility index (Phi) is 5.80. The van der Waals surface area contributed by atoms with Crippen molar-refractivity contribution in [3.63, 3.8) is 0 Å². The average Bonchev–Trinajstić information content (AvgIpc) is 3.04. The van der Waals surface area contributed by atoms with Gasteiger partial charge < -0.3 is 0 Å². The van der Waals surface area contributed by atoms with Crippen LogP contribution in [0.1, 0.15) is 29.3 Å². The van der Waals surface area contributed by atoms with Crippen molar-refractivity contribution in [1.82, 2.24) is 10.0 Å². The Morgan fingerprint density at radius 3 is 2.38 bits per heavy atom. The number of hydrogen-bond acceptors (Lipinski definition) is 5. The van der Waals surface area contributed by atoms with Gasteiger partial charge >= 0.3 is 0 Å². The van der Waals surface area contributed by atoms with Gasteiger partial charge in [-0.2, -0.15) is 5.01 Å². The molecule has 2 aliphatic rings. The first-order chi connectivity index (χ1) is 15.3. The van der Waals surface area contributed by atoms with Gasteiger partial charge in [0.1, 0.15) is 0 Å². The van der Waals surface area contributed by atoms with Crippen LogP contribution in [0.5, 0.6) is 0 Å². The Hall–Kier alpha value is -3.52. The number of hydrazine groups is 1. The van der Waals surface area contributed by atoms with Crippen LogP contribution >= 0.6 is 11.6 Å². The summed E-state index contributed by atoms with van der Waals surface area (Å²) in [4.78, 5) is 50.3. The van der Waals surface area contributed by atoms with Crippen molar-refractivity contribution in [2.24, 2.45) is 17.8 Å². The molecule has 0 unspecified atom stereocenters. The van der Waals surface area contributed by atoms with Crippen LogP contribution in [-0.4, -0.2) is 32.7 Å². The molecule has 2 aromatic carbocycles. The molecule has 8 nitrogen and oxygen atoms in total. The summed E-state index contributed by atoms with van der Waals surface area (Å²) in [6.45, 7) is 1.84. The molecule has 4 rings (SSSR count). The molecule has 1 aliphatic heterocycles. The third-order valence-corrected chi connectivity index (χ3v) is 6.15. The highest BCUT2D eigenvalue weighted by atomic mass is 35.5. The molecule has 1 saturated heterocycles. The molecule has 0 N–H and O–H groups in total. The SMILES string of the molecule is C[C@@H]1C=CC[C@H]2C(=O)N(N(Cc3ccc(Cl)cc3)C(=O)c3ccc([N+](=O)[O-])cc3)C(=O)[C@H]12. The lowest BCUT2D eigenvalue weighted by Crippen LogP contribution is -2.50. The predicted octanol–water partition coefficient (Wildman–Crippen LogP) is 4.00. The maximum absolute atomic E-state index is 13.4. The molecule has 1 aliphatic carbocycles. The molecule has 0 saturated carbocycles. The number of imide groups is 1. The van der Waals surface area contributed by atoms with E-state index < -0.39 is 34.5 Å². The zero-order valence-electron chi connectivity index (χ0n) is 17.2. The summed E-state index contributed by atoms with van der Waals surface area (Å²) in [7, 11) is 0. The van der Waals surface area contributed by atoms with Crippen molar-refractivity contribution in [2.45, 2.75) is 19.9 Å². The molecule has 32 heavy (non-hydrogen) atoms. The van der Waals surface area contributed by atoms with Crippen molar-refractivity contribution < 1.29 is 19.3 Å². The summed E-state index contributed by atoms with van der Waals surface area (Å²) >= 11 is 5.96. The highest BCUT2D eigenvalue weighted by Crippen LogP contribution is 2.39. The number of halogens is 1. The molecule has 2 aromatic rings. The fourth-order valence-electron chi connectivity index (χ4n) is 4.24. The lowest BCUT2D eigenvalue weighted by molar-refractivity contribution is -0.384. The van der Waals surface area contributed by atoms with Gasteiger partial charge in [-0.05, 0) is 42.2 Å². The van der Waals surface area contributed by atoms with Gasteiger partial charge in [0, 0.05) is 22.7 Å². The number of non-ortho nitro benzene ring substituents is 1. The minimum absolute atomic E-state index is 0.0360. The lowest BCUT2D eigenvalue weighted by atomic mass is 9.78. The molecule has 9 heteroatoms. The third kappa shape index (κ3) is 3.89. The van der Waals surface area contributed by atoms with E-state index >= 15 is 0 Å². The first-order valence-electron chi connectivity index (χ1n) is 10.1. The van der Waals surface area contributed by atoms with E-state index in [1.165, 1.54) is 24.3 Å². The summed E-state index contributed by atoms with van der Waals surface area (Å²) in [6, 6.07) is 11.8. The number of benzene rings is 2. The van der Waals surface area contributed by atoms with E-state index in [0.29, 0.717) is 17.0 Å². The van der Waals surface area contributed by atoms with Gasteiger partial charge in [0.15, 0.2) is 0 Å². The van der Waals surface area contributed by atoms with Gasteiger partial charge in [-0.1, -0.05) is 42.8 Å². The number of carbonyl (C=O) groups excluding carboxylic acids is 3. The van der Waals surface area contributed by atoms with E-state index in [4.69, 9.17) is 11.6 Å². The van der Waals surface area contributed by atoms with E-state index in [0.717, 1.165) is 10.0 Å². The van der Waals surface area contributed by atoms with E-state index in [9.17, 15) is 24.5 Å². The summed E-state index contributed by atoms with van der Waals surface area (Å²) < 4.78 is 0. The van der Waals surface area contributed by atoms with Gasteiger partial charge in [0.2, 0.25) is 0 Å². The second-order valence-electron chi connectivity index (χ2n) is 7.94. The molecular formula is C23H20ClN3O5. The Bertz CT molecular complexity index is 1110. The number of amides is 3. The minimum Gasteiger partial charge on any atom is -0.272 e. The van der Waals surface area contributed by atoms with Crippen LogP contribution in [0, 0.1) is 27.9 Å². The largest absolute Gasteiger partial charge is 0.273 e. The highest BCUT2D eigenvalue weighted by Gasteiger charge is 2.53. The zero-order chi connectivity index (χ0) is 23.0. The second-order valence-corrected chi connectivity index (χ2v) is 8.37. The summed E-state index contributed by atoms with van der Waals surface area (Å²) in [5.74, 6) is -2.59. The number of carbonyl (C=O) groups is 3.